The molecule has 0 aromatic carbocycles. The lowest BCUT2D eigenvalue weighted by molar-refractivity contribution is -0.337. The molecule has 3 aromatic heterocycles. The van der Waals surface area contributed by atoms with E-state index in [1.54, 1.807) is 10.9 Å². The average Bonchev–Trinajstić information content (AvgIpc) is 3.12. The molecule has 33 heavy (non-hydrogen) atoms. The molecule has 8 nitrogen and oxygen atoms in total. The second-order valence-corrected chi connectivity index (χ2v) is 9.78. The van der Waals surface area contributed by atoms with Gasteiger partial charge in [-0.05, 0) is 33.1 Å². The number of aryl methyl sites for hydroxylation is 3. The molecule has 0 amide bonds. The number of aromatic nitrogens is 6. The highest BCUT2D eigenvalue weighted by molar-refractivity contribution is 5.77. The van der Waals surface area contributed by atoms with Crippen LogP contribution in [-0.4, -0.2) is 55.6 Å². The van der Waals surface area contributed by atoms with Crippen LogP contribution in [0.25, 0.3) is 11.2 Å². The lowest BCUT2D eigenvalue weighted by atomic mass is 9.34. The first-order chi connectivity index (χ1) is 15.6. The van der Waals surface area contributed by atoms with E-state index in [2.05, 4.69) is 15.1 Å². The number of nitrogens with zero attached hydrogens (tertiary/aromatic N) is 7. The normalized spacial score (nSPS) is 29.2. The van der Waals surface area contributed by atoms with Gasteiger partial charge in [0.1, 0.15) is 11.6 Å². The molecule has 1 unspecified atom stereocenters. The van der Waals surface area contributed by atoms with E-state index in [0.29, 0.717) is 42.5 Å². The van der Waals surface area contributed by atoms with E-state index in [4.69, 9.17) is 14.7 Å². The number of hydrogen-bond acceptors (Lipinski definition) is 7. The molecule has 1 aliphatic heterocycles. The number of hydrogen-bond donors (Lipinski definition) is 0. The third-order valence-corrected chi connectivity index (χ3v) is 7.51. The molecule has 4 fully saturated rings. The summed E-state index contributed by atoms with van der Waals surface area (Å²) in [6.07, 6.45) is -0.501. The summed E-state index contributed by atoms with van der Waals surface area (Å²) in [6, 6.07) is 0. The van der Waals surface area contributed by atoms with Gasteiger partial charge >= 0.3 is 6.18 Å². The molecular weight excluding hydrogens is 435 g/mol. The van der Waals surface area contributed by atoms with Gasteiger partial charge in [-0.15, -0.1) is 0 Å². The number of alkyl halides is 3. The van der Waals surface area contributed by atoms with Crippen LogP contribution in [-0.2, 0) is 17.2 Å². The van der Waals surface area contributed by atoms with Gasteiger partial charge in [0.05, 0.1) is 41.8 Å². The van der Waals surface area contributed by atoms with E-state index in [1.807, 2.05) is 32.0 Å². The maximum atomic E-state index is 13.5. The zero-order valence-corrected chi connectivity index (χ0v) is 18.6. The van der Waals surface area contributed by atoms with Gasteiger partial charge < -0.3 is 9.64 Å². The number of morpholine rings is 1. The molecular formula is C22H24F3N7O. The largest absolute Gasteiger partial charge is 0.394 e. The van der Waals surface area contributed by atoms with Crippen LogP contribution in [0.15, 0.2) is 12.4 Å². The maximum Gasteiger partial charge on any atom is 0.394 e. The predicted octanol–water partition coefficient (Wildman–Crippen LogP) is 3.33. The Labute approximate surface area is 188 Å². The Morgan fingerprint density at radius 1 is 1.06 bits per heavy atom. The first kappa shape index (κ1) is 20.8. The fraction of sp³-hybridized carbons (Fsp3) is 0.591. The summed E-state index contributed by atoms with van der Waals surface area (Å²) in [5.41, 5.74) is 1.84. The molecule has 2 bridgehead atoms. The van der Waals surface area contributed by atoms with Crippen molar-refractivity contribution in [1.82, 2.24) is 29.7 Å². The fourth-order valence-electron chi connectivity index (χ4n) is 5.59. The SMILES string of the molecule is Cc1nc2nc(N3CCOC(c4cnn(C)c4)C3)nc(C34CC(C(F)(F)F)(C3)C4)c2nc1C. The Bertz CT molecular complexity index is 1250. The number of anilines is 1. The Kier molecular flexibility index (Phi) is 4.16. The zero-order valence-electron chi connectivity index (χ0n) is 18.6. The summed E-state index contributed by atoms with van der Waals surface area (Å²) in [6.45, 7) is 5.29. The second-order valence-electron chi connectivity index (χ2n) is 9.78. The van der Waals surface area contributed by atoms with Crippen molar-refractivity contribution in [2.75, 3.05) is 24.6 Å². The van der Waals surface area contributed by atoms with E-state index in [1.165, 1.54) is 0 Å². The molecule has 3 aliphatic carbocycles. The Balaban J connectivity index is 1.39. The van der Waals surface area contributed by atoms with Crippen molar-refractivity contribution in [2.24, 2.45) is 12.5 Å². The summed E-state index contributed by atoms with van der Waals surface area (Å²) in [4.78, 5) is 20.8. The van der Waals surface area contributed by atoms with Gasteiger partial charge in [0.2, 0.25) is 5.95 Å². The van der Waals surface area contributed by atoms with E-state index >= 15 is 0 Å². The van der Waals surface area contributed by atoms with Crippen molar-refractivity contribution in [3.63, 3.8) is 0 Å². The summed E-state index contributed by atoms with van der Waals surface area (Å²) < 4.78 is 48.2. The van der Waals surface area contributed by atoms with Gasteiger partial charge in [-0.2, -0.15) is 23.3 Å². The quantitative estimate of drug-likeness (QED) is 0.594. The maximum absolute atomic E-state index is 13.5. The summed E-state index contributed by atoms with van der Waals surface area (Å²) in [7, 11) is 1.85. The van der Waals surface area contributed by atoms with Gasteiger partial charge in [0, 0.05) is 30.8 Å². The highest BCUT2D eigenvalue weighted by Crippen LogP contribution is 2.78. The van der Waals surface area contributed by atoms with Crippen molar-refractivity contribution >= 4 is 17.1 Å². The third-order valence-electron chi connectivity index (χ3n) is 7.51. The Morgan fingerprint density at radius 3 is 2.45 bits per heavy atom. The minimum atomic E-state index is -4.18. The van der Waals surface area contributed by atoms with Crippen molar-refractivity contribution in [2.45, 2.75) is 50.8 Å². The van der Waals surface area contributed by atoms with Crippen LogP contribution in [0, 0.1) is 19.3 Å². The molecule has 0 spiro atoms. The van der Waals surface area contributed by atoms with Gasteiger partial charge in [0.15, 0.2) is 5.65 Å². The highest BCUT2D eigenvalue weighted by atomic mass is 19.4. The van der Waals surface area contributed by atoms with Crippen LogP contribution >= 0.6 is 0 Å². The highest BCUT2D eigenvalue weighted by Gasteiger charge is 2.79. The molecule has 1 saturated heterocycles. The summed E-state index contributed by atoms with van der Waals surface area (Å²) in [5.74, 6) is 0.470. The van der Waals surface area contributed by atoms with Crippen molar-refractivity contribution in [3.05, 3.63) is 35.0 Å². The van der Waals surface area contributed by atoms with E-state index < -0.39 is 17.0 Å². The molecule has 3 saturated carbocycles. The predicted molar refractivity (Wildman–Crippen MR) is 113 cm³/mol. The van der Waals surface area contributed by atoms with Crippen LogP contribution in [0.4, 0.5) is 19.1 Å². The molecule has 7 rings (SSSR count). The lowest BCUT2D eigenvalue weighted by Gasteiger charge is -2.70. The monoisotopic (exact) mass is 459 g/mol. The number of fused-ring (bicyclic) bond motifs is 1. The van der Waals surface area contributed by atoms with Crippen LogP contribution < -0.4 is 4.90 Å². The number of halogens is 3. The molecule has 0 N–H and O–H groups in total. The molecule has 3 aromatic rings. The fourth-order valence-corrected chi connectivity index (χ4v) is 5.59. The van der Waals surface area contributed by atoms with Crippen LogP contribution in [0.5, 0.6) is 0 Å². The van der Waals surface area contributed by atoms with Crippen LogP contribution in [0.2, 0.25) is 0 Å². The van der Waals surface area contributed by atoms with E-state index in [9.17, 15) is 13.2 Å². The van der Waals surface area contributed by atoms with Gasteiger partial charge in [-0.25, -0.2) is 15.0 Å². The molecule has 4 heterocycles. The first-order valence-corrected chi connectivity index (χ1v) is 11.0. The first-order valence-electron chi connectivity index (χ1n) is 11.0. The second kappa shape index (κ2) is 6.62. The topological polar surface area (TPSA) is 81.9 Å². The summed E-state index contributed by atoms with van der Waals surface area (Å²) in [5, 5.41) is 4.22. The summed E-state index contributed by atoms with van der Waals surface area (Å²) >= 11 is 0. The minimum absolute atomic E-state index is 0.0606. The van der Waals surface area contributed by atoms with E-state index in [-0.39, 0.29) is 25.4 Å². The van der Waals surface area contributed by atoms with E-state index in [0.717, 1.165) is 17.0 Å². The smallest absolute Gasteiger partial charge is 0.370 e. The van der Waals surface area contributed by atoms with Gasteiger partial charge in [-0.1, -0.05) is 0 Å². The molecule has 11 heteroatoms. The standard InChI is InChI=1S/C22H24F3N7O/c1-12-13(2)28-18-16(27-12)17(20-9-21(10-20,11-20)22(23,24)25)29-19(30-18)32-4-5-33-15(8-32)14-6-26-31(3)7-14/h6-7,15H,4-5,8-11H2,1-3H3. The van der Waals surface area contributed by atoms with Crippen LogP contribution in [0.3, 0.4) is 0 Å². The molecule has 174 valence electrons. The molecule has 4 aliphatic rings. The minimum Gasteiger partial charge on any atom is -0.370 e. The third kappa shape index (κ3) is 2.97. The van der Waals surface area contributed by atoms with Gasteiger partial charge in [0.25, 0.3) is 0 Å². The average molecular weight is 459 g/mol. The zero-order chi connectivity index (χ0) is 23.2. The van der Waals surface area contributed by atoms with Crippen LogP contribution in [0.1, 0.15) is 48.0 Å². The van der Waals surface area contributed by atoms with Crippen molar-refractivity contribution in [3.8, 4) is 0 Å². The number of rotatable bonds is 3. The lowest BCUT2D eigenvalue weighted by Crippen LogP contribution is -2.70. The number of ether oxygens (including phenoxy) is 1. The van der Waals surface area contributed by atoms with Crippen molar-refractivity contribution < 1.29 is 17.9 Å². The molecule has 0 radical (unpaired) electrons. The Hall–Kier alpha value is -2.82. The Morgan fingerprint density at radius 2 is 1.79 bits per heavy atom. The molecule has 1 atom stereocenters. The van der Waals surface area contributed by atoms with Crippen molar-refractivity contribution in [1.29, 1.82) is 0 Å². The van der Waals surface area contributed by atoms with Gasteiger partial charge in [-0.3, -0.25) is 4.68 Å².